The van der Waals surface area contributed by atoms with Crippen molar-refractivity contribution in [2.75, 3.05) is 0 Å². The summed E-state index contributed by atoms with van der Waals surface area (Å²) in [7, 11) is 5.20. The summed E-state index contributed by atoms with van der Waals surface area (Å²) in [6.07, 6.45) is 0. The van der Waals surface area contributed by atoms with Crippen LogP contribution in [0.15, 0.2) is 24.3 Å². The van der Waals surface area contributed by atoms with Crippen LogP contribution in [0.3, 0.4) is 0 Å². The van der Waals surface area contributed by atoms with E-state index in [0.29, 0.717) is 0 Å². The molecule has 5 heteroatoms. The SMILES string of the molecule is O=[As](O)(Cl)c1ccc(O)cc1. The summed E-state index contributed by atoms with van der Waals surface area (Å²) in [6.45, 7) is 0. The van der Waals surface area contributed by atoms with Crippen LogP contribution in [0.1, 0.15) is 0 Å². The van der Waals surface area contributed by atoms with Gasteiger partial charge in [-0.3, -0.25) is 0 Å². The second-order valence-electron chi connectivity index (χ2n) is 2.02. The minimum absolute atomic E-state index is 0.0503. The van der Waals surface area contributed by atoms with E-state index >= 15 is 0 Å². The van der Waals surface area contributed by atoms with Crippen molar-refractivity contribution in [3.63, 3.8) is 0 Å². The van der Waals surface area contributed by atoms with Crippen LogP contribution in [0.5, 0.6) is 5.75 Å². The molecule has 0 aromatic heterocycles. The van der Waals surface area contributed by atoms with Gasteiger partial charge in [-0.25, -0.2) is 0 Å². The third-order valence-electron chi connectivity index (χ3n) is 1.17. The van der Waals surface area contributed by atoms with E-state index in [2.05, 4.69) is 0 Å². The van der Waals surface area contributed by atoms with Crippen molar-refractivity contribution in [2.24, 2.45) is 0 Å². The van der Waals surface area contributed by atoms with Crippen LogP contribution in [-0.4, -0.2) is 22.1 Å². The van der Waals surface area contributed by atoms with E-state index in [-0.39, 0.29) is 10.1 Å². The van der Waals surface area contributed by atoms with E-state index in [9.17, 15) is 3.74 Å². The molecule has 0 aliphatic carbocycles. The molecule has 60 valence electrons. The maximum absolute atomic E-state index is 10.8. The normalized spacial score (nSPS) is 15.8. The summed E-state index contributed by atoms with van der Waals surface area (Å²) in [5.41, 5.74) is 0. The maximum atomic E-state index is 10.8. The Morgan fingerprint density at radius 2 is 1.73 bits per heavy atom. The van der Waals surface area contributed by atoms with Gasteiger partial charge in [0.25, 0.3) is 0 Å². The molecule has 1 rings (SSSR count). The first-order chi connectivity index (χ1) is 5.00. The summed E-state index contributed by atoms with van der Waals surface area (Å²) in [4.78, 5) is 0. The minimum atomic E-state index is -4.26. The van der Waals surface area contributed by atoms with E-state index in [0.717, 1.165) is 0 Å². The van der Waals surface area contributed by atoms with Crippen molar-refractivity contribution in [1.82, 2.24) is 0 Å². The van der Waals surface area contributed by atoms with E-state index in [1.54, 1.807) is 0 Å². The summed E-state index contributed by atoms with van der Waals surface area (Å²) >= 11 is -4.26. The molecule has 0 bridgehead atoms. The Kier molecular flexibility index (Phi) is 2.33. The van der Waals surface area contributed by atoms with Crippen molar-refractivity contribution < 1.29 is 12.9 Å². The number of rotatable bonds is 1. The molecule has 0 amide bonds. The van der Waals surface area contributed by atoms with Crippen LogP contribution in [0.4, 0.5) is 0 Å². The topological polar surface area (TPSA) is 57.5 Å². The first-order valence-corrected chi connectivity index (χ1v) is 7.83. The average molecular weight is 236 g/mol. The molecule has 0 saturated heterocycles. The van der Waals surface area contributed by atoms with Crippen LogP contribution < -0.4 is 4.35 Å². The van der Waals surface area contributed by atoms with Crippen molar-refractivity contribution in [2.45, 2.75) is 0 Å². The van der Waals surface area contributed by atoms with Gasteiger partial charge in [0.1, 0.15) is 0 Å². The number of phenolic OH excluding ortho intramolecular Hbond substituents is 1. The molecule has 3 nitrogen and oxygen atoms in total. The summed E-state index contributed by atoms with van der Waals surface area (Å²) in [5, 5.41) is 8.81. The molecular formula is C6H6AsClO3. The Morgan fingerprint density at radius 1 is 1.27 bits per heavy atom. The quantitative estimate of drug-likeness (QED) is 0.685. The van der Waals surface area contributed by atoms with Crippen LogP contribution >= 0.6 is 9.95 Å². The molecule has 0 spiro atoms. The third kappa shape index (κ3) is 2.29. The molecule has 11 heavy (non-hydrogen) atoms. The fourth-order valence-corrected chi connectivity index (χ4v) is 2.31. The Balaban J connectivity index is 3.09. The molecule has 0 aliphatic rings. The Hall–Kier alpha value is -0.372. The molecule has 0 radical (unpaired) electrons. The standard InChI is InChI=1S/C6H6AsClO3/c8-7(10,11)5-1-3-6(9)4-2-5/h1-4,9H,(H,10,11). The van der Waals surface area contributed by atoms with Gasteiger partial charge in [-0.1, -0.05) is 0 Å². The molecular weight excluding hydrogens is 230 g/mol. The van der Waals surface area contributed by atoms with Gasteiger partial charge in [0.15, 0.2) is 0 Å². The Bertz CT molecular complexity index is 289. The second-order valence-corrected chi connectivity index (χ2v) is 7.59. The van der Waals surface area contributed by atoms with Gasteiger partial charge in [0.2, 0.25) is 0 Å². The molecule has 0 aliphatic heterocycles. The average Bonchev–Trinajstić information content (AvgIpc) is 1.86. The van der Waals surface area contributed by atoms with Crippen molar-refractivity contribution in [3.8, 4) is 5.75 Å². The third-order valence-corrected chi connectivity index (χ3v) is 4.14. The number of benzene rings is 1. The van der Waals surface area contributed by atoms with Gasteiger partial charge in [-0.05, 0) is 0 Å². The number of hydrogen-bond acceptors (Lipinski definition) is 2. The van der Waals surface area contributed by atoms with Crippen molar-refractivity contribution >= 4 is 27.2 Å². The zero-order valence-corrected chi connectivity index (χ0v) is 8.07. The number of aromatic hydroxyl groups is 1. The zero-order chi connectivity index (χ0) is 8.48. The first kappa shape index (κ1) is 8.72. The molecule has 1 aromatic carbocycles. The van der Waals surface area contributed by atoms with Gasteiger partial charge in [0.05, 0.1) is 0 Å². The van der Waals surface area contributed by atoms with Crippen LogP contribution in [-0.2, 0) is 3.74 Å². The molecule has 0 fully saturated rings. The summed E-state index contributed by atoms with van der Waals surface area (Å²) in [6, 6.07) is 5.31. The van der Waals surface area contributed by atoms with Gasteiger partial charge in [0, 0.05) is 0 Å². The molecule has 1 unspecified atom stereocenters. The molecule has 1 atom stereocenters. The molecule has 0 heterocycles. The number of phenols is 1. The number of hydrogen-bond donors (Lipinski definition) is 2. The van der Waals surface area contributed by atoms with E-state index < -0.39 is 12.9 Å². The number of halogens is 1. The summed E-state index contributed by atoms with van der Waals surface area (Å²) < 4.78 is 19.9. The van der Waals surface area contributed by atoms with Gasteiger partial charge < -0.3 is 0 Å². The second kappa shape index (κ2) is 2.93. The predicted octanol–water partition coefficient (Wildman–Crippen LogP) is 0.200. The van der Waals surface area contributed by atoms with Crippen molar-refractivity contribution in [1.29, 1.82) is 0 Å². The van der Waals surface area contributed by atoms with E-state index in [1.807, 2.05) is 0 Å². The fourth-order valence-electron chi connectivity index (χ4n) is 0.637. The molecule has 1 aromatic rings. The van der Waals surface area contributed by atoms with E-state index in [4.69, 9.17) is 19.2 Å². The van der Waals surface area contributed by atoms with Crippen LogP contribution in [0.25, 0.3) is 0 Å². The Labute approximate surface area is 70.4 Å². The molecule has 2 N–H and O–H groups in total. The van der Waals surface area contributed by atoms with Crippen LogP contribution in [0, 0.1) is 0 Å². The van der Waals surface area contributed by atoms with E-state index in [1.165, 1.54) is 24.3 Å². The summed E-state index contributed by atoms with van der Waals surface area (Å²) in [5.74, 6) is 0.0503. The zero-order valence-electron chi connectivity index (χ0n) is 5.44. The Morgan fingerprint density at radius 3 is 2.09 bits per heavy atom. The van der Waals surface area contributed by atoms with Crippen molar-refractivity contribution in [3.05, 3.63) is 24.3 Å². The van der Waals surface area contributed by atoms with Gasteiger partial charge in [-0.2, -0.15) is 0 Å². The van der Waals surface area contributed by atoms with Crippen LogP contribution in [0.2, 0.25) is 0 Å². The predicted molar refractivity (Wildman–Crippen MR) is 42.3 cm³/mol. The van der Waals surface area contributed by atoms with Gasteiger partial charge >= 0.3 is 70.1 Å². The first-order valence-electron chi connectivity index (χ1n) is 2.82. The molecule has 0 saturated carbocycles. The van der Waals surface area contributed by atoms with Gasteiger partial charge in [-0.15, -0.1) is 0 Å². The fraction of sp³-hybridized carbons (Fsp3) is 0. The monoisotopic (exact) mass is 236 g/mol.